The summed E-state index contributed by atoms with van der Waals surface area (Å²) in [5.74, 6) is 0. The highest BCUT2D eigenvalue weighted by Gasteiger charge is 2.55. The Bertz CT molecular complexity index is 3810. The van der Waals surface area contributed by atoms with Crippen LogP contribution in [0.3, 0.4) is 0 Å². The smallest absolute Gasteiger partial charge is 0.252 e. The first-order chi connectivity index (χ1) is 32.5. The number of hydrogen-bond acceptors (Lipinski definition) is 0. The lowest BCUT2D eigenvalue weighted by Crippen LogP contribution is -2.60. The highest BCUT2D eigenvalue weighted by molar-refractivity contribution is 7.00. The van der Waals surface area contributed by atoms with E-state index in [-0.39, 0.29) is 39.2 Å². The summed E-state index contributed by atoms with van der Waals surface area (Å²) >= 11 is 0. The van der Waals surface area contributed by atoms with Crippen LogP contribution in [0.15, 0.2) is 103 Å². The molecule has 70 heavy (non-hydrogen) atoms. The van der Waals surface area contributed by atoms with Gasteiger partial charge in [0.15, 0.2) is 0 Å². The van der Waals surface area contributed by atoms with Gasteiger partial charge in [0.2, 0.25) is 0 Å². The monoisotopic (exact) mass is 915 g/mol. The van der Waals surface area contributed by atoms with Crippen LogP contribution in [0.2, 0.25) is 0 Å². The van der Waals surface area contributed by atoms with Crippen molar-refractivity contribution >= 4 is 66.7 Å². The van der Waals surface area contributed by atoms with Gasteiger partial charge < -0.3 is 9.13 Å². The molecule has 13 rings (SSSR count). The molecule has 0 saturated heterocycles. The van der Waals surface area contributed by atoms with Gasteiger partial charge >= 0.3 is 0 Å². The second kappa shape index (κ2) is 13.0. The summed E-state index contributed by atoms with van der Waals surface area (Å²) in [5, 5.41) is 5.55. The summed E-state index contributed by atoms with van der Waals surface area (Å²) in [4.78, 5) is 0. The molecule has 352 valence electrons. The number of hydrogen-bond donors (Lipinski definition) is 0. The molecule has 1 aliphatic carbocycles. The van der Waals surface area contributed by atoms with Crippen LogP contribution in [0.4, 0.5) is 0 Å². The second-order valence-corrected chi connectivity index (χ2v) is 28.3. The van der Waals surface area contributed by atoms with E-state index in [1.54, 1.807) is 0 Å². The Labute approximate surface area is 417 Å². The van der Waals surface area contributed by atoms with Gasteiger partial charge in [-0.05, 0) is 146 Å². The molecule has 0 amide bonds. The zero-order chi connectivity index (χ0) is 49.7. The van der Waals surface area contributed by atoms with Crippen molar-refractivity contribution in [2.75, 3.05) is 0 Å². The van der Waals surface area contributed by atoms with Crippen molar-refractivity contribution in [3.8, 4) is 22.5 Å². The highest BCUT2D eigenvalue weighted by Crippen LogP contribution is 2.63. The number of nitrogens with zero attached hydrogens (tertiary/aromatic N) is 2. The molecule has 2 aromatic heterocycles. The van der Waals surface area contributed by atoms with Crippen LogP contribution in [-0.4, -0.2) is 15.8 Å². The Balaban J connectivity index is 1.31. The summed E-state index contributed by atoms with van der Waals surface area (Å²) in [6.45, 7) is 43.1. The number of rotatable bonds is 0. The van der Waals surface area contributed by atoms with E-state index in [1.807, 2.05) is 0 Å². The van der Waals surface area contributed by atoms with Crippen molar-refractivity contribution in [2.45, 2.75) is 163 Å². The Kier molecular flexibility index (Phi) is 8.20. The van der Waals surface area contributed by atoms with Gasteiger partial charge in [-0.15, -0.1) is 0 Å². The van der Waals surface area contributed by atoms with Crippen LogP contribution in [0.5, 0.6) is 0 Å². The lowest BCUT2D eigenvalue weighted by Gasteiger charge is -2.45. The molecule has 3 heteroatoms. The lowest BCUT2D eigenvalue weighted by molar-refractivity contribution is 0.583. The third-order valence-electron chi connectivity index (χ3n) is 17.6. The highest BCUT2D eigenvalue weighted by atomic mass is 15.1. The van der Waals surface area contributed by atoms with Gasteiger partial charge in [-0.25, -0.2) is 0 Å². The standard InChI is InChI=1S/C67H71BN2/c1-61(2,3)36-21-27-53-45(29-36)55-46(66(16,17)18)24-26-51-60(55)69(53)54-28-25-47-59-56(54)68(51)52-35-40(65(13,14)15)31-44-43-30-39(64(10,11)12)34-50(57(43)70(59)58(44)52)67(47)48-32-37(62(4,5)6)19-22-41(48)42-23-20-38(33-49(42)67)63(7,8)9/h19-35H,1-18H3. The van der Waals surface area contributed by atoms with Crippen LogP contribution < -0.4 is 16.4 Å². The molecule has 0 saturated carbocycles. The molecule has 0 N–H and O–H groups in total. The lowest BCUT2D eigenvalue weighted by atomic mass is 9.33. The third kappa shape index (κ3) is 5.43. The predicted molar refractivity (Wildman–Crippen MR) is 303 cm³/mol. The molecule has 1 spiro atoms. The molecule has 0 unspecified atom stereocenters. The molecule has 3 aliphatic heterocycles. The van der Waals surface area contributed by atoms with E-state index >= 15 is 0 Å². The molecule has 4 aliphatic rings. The zero-order valence-corrected chi connectivity index (χ0v) is 45.3. The van der Waals surface area contributed by atoms with E-state index in [2.05, 4.69) is 237 Å². The van der Waals surface area contributed by atoms with E-state index in [9.17, 15) is 0 Å². The molecule has 0 bridgehead atoms. The fourth-order valence-corrected chi connectivity index (χ4v) is 13.7. The Morgan fingerprint density at radius 1 is 0.371 bits per heavy atom. The summed E-state index contributed by atoms with van der Waals surface area (Å²) in [5.41, 5.74) is 28.4. The van der Waals surface area contributed by atoms with Crippen LogP contribution in [0.1, 0.15) is 180 Å². The molecule has 2 nitrogen and oxygen atoms in total. The number of aromatic nitrogens is 2. The topological polar surface area (TPSA) is 9.86 Å². The maximum absolute atomic E-state index is 2.80. The molecule has 5 heterocycles. The van der Waals surface area contributed by atoms with E-state index in [0.29, 0.717) is 0 Å². The van der Waals surface area contributed by atoms with Crippen LogP contribution in [-0.2, 0) is 37.9 Å². The SMILES string of the molecule is CC(C)(C)c1ccc2c(c1)C1(c3cc(C(C)(C)C)ccc3-2)c2ccc3c4c2-n2c5c(cc(C(C)(C)C)cc5c5cc(C(C)(C)C)cc1c52)B4c1ccc(C(C)(C)C)c2c4cc(C(C)(C)C)ccc4n-3c12. The van der Waals surface area contributed by atoms with Crippen molar-refractivity contribution in [3.63, 3.8) is 0 Å². The van der Waals surface area contributed by atoms with E-state index in [0.717, 1.165) is 0 Å². The molecule has 0 fully saturated rings. The van der Waals surface area contributed by atoms with Gasteiger partial charge in [0.1, 0.15) is 0 Å². The van der Waals surface area contributed by atoms with Crippen LogP contribution in [0.25, 0.3) is 66.1 Å². The maximum Gasteiger partial charge on any atom is 0.252 e. The average molecular weight is 915 g/mol. The zero-order valence-electron chi connectivity index (χ0n) is 45.3. The number of benzene rings is 7. The normalized spacial score (nSPS) is 15.7. The third-order valence-corrected chi connectivity index (χ3v) is 17.6. The first-order valence-corrected chi connectivity index (χ1v) is 26.3. The predicted octanol–water partition coefficient (Wildman–Crippen LogP) is 15.5. The minimum absolute atomic E-state index is 0.0147. The van der Waals surface area contributed by atoms with E-state index in [1.165, 1.54) is 138 Å². The largest absolute Gasteiger partial charge is 0.310 e. The molecule has 0 atom stereocenters. The molecular weight excluding hydrogens is 844 g/mol. The van der Waals surface area contributed by atoms with Crippen molar-refractivity contribution in [1.82, 2.24) is 9.13 Å². The molecular formula is C67H71BN2. The van der Waals surface area contributed by atoms with Gasteiger partial charge in [-0.3, -0.25) is 0 Å². The van der Waals surface area contributed by atoms with E-state index in [4.69, 9.17) is 0 Å². The molecule has 0 radical (unpaired) electrons. The first kappa shape index (κ1) is 44.2. The van der Waals surface area contributed by atoms with E-state index < -0.39 is 5.41 Å². The first-order valence-electron chi connectivity index (χ1n) is 26.3. The quantitative estimate of drug-likeness (QED) is 0.134. The van der Waals surface area contributed by atoms with Crippen LogP contribution in [0, 0.1) is 0 Å². The Morgan fingerprint density at radius 3 is 1.43 bits per heavy atom. The fourth-order valence-electron chi connectivity index (χ4n) is 13.7. The second-order valence-electron chi connectivity index (χ2n) is 28.3. The van der Waals surface area contributed by atoms with Crippen molar-refractivity contribution in [2.24, 2.45) is 0 Å². The van der Waals surface area contributed by atoms with Gasteiger partial charge in [0.25, 0.3) is 6.71 Å². The summed E-state index contributed by atoms with van der Waals surface area (Å²) < 4.78 is 5.51. The van der Waals surface area contributed by atoms with Gasteiger partial charge in [-0.2, -0.15) is 0 Å². The summed E-state index contributed by atoms with van der Waals surface area (Å²) in [6, 6.07) is 43.2. The van der Waals surface area contributed by atoms with Gasteiger partial charge in [0, 0.05) is 44.0 Å². The van der Waals surface area contributed by atoms with Gasteiger partial charge in [-0.1, -0.05) is 197 Å². The minimum atomic E-state index is -0.581. The fraction of sp³-hybridized carbons (Fsp3) is 0.373. The van der Waals surface area contributed by atoms with Gasteiger partial charge in [0.05, 0.1) is 16.4 Å². The number of fused-ring (bicyclic) bond motifs is 14. The minimum Gasteiger partial charge on any atom is -0.310 e. The summed E-state index contributed by atoms with van der Waals surface area (Å²) in [7, 11) is 0. The molecule has 9 aromatic rings. The summed E-state index contributed by atoms with van der Waals surface area (Å²) in [6.07, 6.45) is 0. The van der Waals surface area contributed by atoms with Crippen LogP contribution >= 0.6 is 0 Å². The van der Waals surface area contributed by atoms with Crippen molar-refractivity contribution < 1.29 is 0 Å². The van der Waals surface area contributed by atoms with Crippen molar-refractivity contribution in [1.29, 1.82) is 0 Å². The van der Waals surface area contributed by atoms with Crippen molar-refractivity contribution in [3.05, 3.63) is 159 Å². The Hall–Kier alpha value is -5.80. The maximum atomic E-state index is 2.80. The molecule has 7 aromatic carbocycles. The Morgan fingerprint density at radius 2 is 0.871 bits per heavy atom. The average Bonchev–Trinajstić information content (AvgIpc) is 3.88.